The number of fused-ring (bicyclic) bond motifs is 1. The average molecular weight is 479 g/mol. The first kappa shape index (κ1) is 23.2. The van der Waals surface area contributed by atoms with E-state index in [0.29, 0.717) is 34.2 Å². The third-order valence-corrected chi connectivity index (χ3v) is 6.69. The Morgan fingerprint density at radius 1 is 1.19 bits per heavy atom. The molecular formula is C28H26N6O2. The Morgan fingerprint density at radius 3 is 2.72 bits per heavy atom. The Bertz CT molecular complexity index is 1480. The second-order valence-electron chi connectivity index (χ2n) is 9.16. The summed E-state index contributed by atoms with van der Waals surface area (Å²) < 4.78 is 0. The molecule has 0 bridgehead atoms. The minimum atomic E-state index is -0.988. The van der Waals surface area contributed by atoms with Crippen molar-refractivity contribution >= 4 is 28.5 Å². The van der Waals surface area contributed by atoms with Gasteiger partial charge in [-0.15, -0.1) is 0 Å². The maximum Gasteiger partial charge on any atom is 0.337 e. The summed E-state index contributed by atoms with van der Waals surface area (Å²) in [5.74, 6) is -0.0645. The summed E-state index contributed by atoms with van der Waals surface area (Å²) in [6.07, 6.45) is 4.57. The van der Waals surface area contributed by atoms with Crippen LogP contribution in [0.2, 0.25) is 0 Å². The Kier molecular flexibility index (Phi) is 6.21. The molecule has 36 heavy (non-hydrogen) atoms. The highest BCUT2D eigenvalue weighted by molar-refractivity contribution is 5.94. The van der Waals surface area contributed by atoms with Gasteiger partial charge in [-0.3, -0.25) is 4.98 Å². The van der Waals surface area contributed by atoms with Crippen LogP contribution in [0.25, 0.3) is 11.0 Å². The quantitative estimate of drug-likeness (QED) is 0.395. The summed E-state index contributed by atoms with van der Waals surface area (Å²) in [5.41, 5.74) is 5.52. The lowest BCUT2D eigenvalue weighted by atomic mass is 10.00. The van der Waals surface area contributed by atoms with E-state index in [1.54, 1.807) is 36.7 Å². The fourth-order valence-corrected chi connectivity index (χ4v) is 4.92. The van der Waals surface area contributed by atoms with Gasteiger partial charge in [-0.25, -0.2) is 14.8 Å². The summed E-state index contributed by atoms with van der Waals surface area (Å²) in [5, 5.41) is 22.8. The van der Waals surface area contributed by atoms with E-state index in [0.717, 1.165) is 30.6 Å². The van der Waals surface area contributed by atoms with Gasteiger partial charge in [0.1, 0.15) is 6.07 Å². The number of hydrogen-bond donors (Lipinski definition) is 2. The van der Waals surface area contributed by atoms with Crippen molar-refractivity contribution < 1.29 is 9.90 Å². The molecule has 0 amide bonds. The number of pyridine rings is 1. The molecule has 1 aliphatic heterocycles. The van der Waals surface area contributed by atoms with Gasteiger partial charge in [0.25, 0.3) is 0 Å². The van der Waals surface area contributed by atoms with Crippen LogP contribution in [0, 0.1) is 18.3 Å². The molecule has 8 nitrogen and oxygen atoms in total. The van der Waals surface area contributed by atoms with E-state index in [1.807, 2.05) is 38.1 Å². The number of benzene rings is 2. The normalized spacial score (nSPS) is 16.0. The molecule has 4 aromatic rings. The monoisotopic (exact) mass is 478 g/mol. The maximum absolute atomic E-state index is 11.7. The summed E-state index contributed by atoms with van der Waals surface area (Å²) in [7, 11) is 0. The zero-order valence-corrected chi connectivity index (χ0v) is 20.1. The molecular weight excluding hydrogens is 452 g/mol. The minimum absolute atomic E-state index is 0.207. The van der Waals surface area contributed by atoms with E-state index in [-0.39, 0.29) is 11.6 Å². The Labute approximate surface area is 209 Å². The van der Waals surface area contributed by atoms with E-state index in [2.05, 4.69) is 21.3 Å². The molecule has 0 aliphatic carbocycles. The number of para-hydroxylation sites is 1. The van der Waals surface area contributed by atoms with E-state index < -0.39 is 5.97 Å². The van der Waals surface area contributed by atoms with Crippen LogP contribution in [0.3, 0.4) is 0 Å². The van der Waals surface area contributed by atoms with Gasteiger partial charge in [0.2, 0.25) is 0 Å². The second kappa shape index (κ2) is 9.62. The summed E-state index contributed by atoms with van der Waals surface area (Å²) >= 11 is 0. The standard InChI is InChI=1S/C28H26N6O2/c1-17-13-22(18(2)31-23-6-4-3-5-21(23)28(35)36)26-24(14-17)32-25(15-29)27(33-26)34-12-9-20(16-34)19-7-10-30-11-8-19/h3-8,10-11,13-14,18,20,31H,9,12,16H2,1-2H3,(H,35,36)/t18-,20?/m1/s1. The van der Waals surface area contributed by atoms with E-state index >= 15 is 0 Å². The van der Waals surface area contributed by atoms with Crippen molar-refractivity contribution in [1.29, 1.82) is 5.26 Å². The lowest BCUT2D eigenvalue weighted by molar-refractivity contribution is 0.0698. The number of rotatable bonds is 6. The lowest BCUT2D eigenvalue weighted by Crippen LogP contribution is -2.22. The highest BCUT2D eigenvalue weighted by Gasteiger charge is 2.28. The Morgan fingerprint density at radius 2 is 1.97 bits per heavy atom. The fourth-order valence-electron chi connectivity index (χ4n) is 4.92. The summed E-state index contributed by atoms with van der Waals surface area (Å²) in [6.45, 7) is 5.48. The van der Waals surface area contributed by atoms with Gasteiger partial charge >= 0.3 is 5.97 Å². The maximum atomic E-state index is 11.7. The summed E-state index contributed by atoms with van der Waals surface area (Å²) in [4.78, 5) is 27.6. The van der Waals surface area contributed by atoms with Crippen molar-refractivity contribution in [3.05, 3.63) is 88.9 Å². The molecule has 1 fully saturated rings. The first-order valence-corrected chi connectivity index (χ1v) is 11.9. The second-order valence-corrected chi connectivity index (χ2v) is 9.16. The van der Waals surface area contributed by atoms with Crippen molar-refractivity contribution in [2.75, 3.05) is 23.3 Å². The van der Waals surface area contributed by atoms with Gasteiger partial charge in [-0.05, 0) is 61.7 Å². The molecule has 3 heterocycles. The highest BCUT2D eigenvalue weighted by Crippen LogP contribution is 2.34. The molecule has 2 N–H and O–H groups in total. The molecule has 2 atom stereocenters. The number of carboxylic acid groups (broad SMARTS) is 1. The third kappa shape index (κ3) is 4.43. The van der Waals surface area contributed by atoms with Gasteiger partial charge < -0.3 is 15.3 Å². The largest absolute Gasteiger partial charge is 0.478 e. The van der Waals surface area contributed by atoms with Crippen molar-refractivity contribution in [2.24, 2.45) is 0 Å². The number of aryl methyl sites for hydroxylation is 1. The van der Waals surface area contributed by atoms with Crippen molar-refractivity contribution in [1.82, 2.24) is 15.0 Å². The van der Waals surface area contributed by atoms with Crippen LogP contribution in [0.5, 0.6) is 0 Å². The molecule has 180 valence electrons. The van der Waals surface area contributed by atoms with E-state index in [9.17, 15) is 15.2 Å². The van der Waals surface area contributed by atoms with E-state index in [4.69, 9.17) is 9.97 Å². The lowest BCUT2D eigenvalue weighted by Gasteiger charge is -2.22. The van der Waals surface area contributed by atoms with Crippen LogP contribution in [0.1, 0.15) is 58.0 Å². The van der Waals surface area contributed by atoms with Crippen LogP contribution in [0.4, 0.5) is 11.5 Å². The van der Waals surface area contributed by atoms with Crippen LogP contribution < -0.4 is 10.2 Å². The molecule has 1 saturated heterocycles. The van der Waals surface area contributed by atoms with Crippen LogP contribution >= 0.6 is 0 Å². The van der Waals surface area contributed by atoms with Gasteiger partial charge in [-0.2, -0.15) is 5.26 Å². The van der Waals surface area contributed by atoms with Crippen LogP contribution in [0.15, 0.2) is 60.9 Å². The number of anilines is 2. The third-order valence-electron chi connectivity index (χ3n) is 6.69. The van der Waals surface area contributed by atoms with Gasteiger partial charge in [-0.1, -0.05) is 18.2 Å². The van der Waals surface area contributed by atoms with Gasteiger partial charge in [0.05, 0.1) is 22.6 Å². The molecule has 0 spiro atoms. The Hall–Kier alpha value is -4.51. The molecule has 5 rings (SSSR count). The van der Waals surface area contributed by atoms with Gasteiger partial charge in [0, 0.05) is 42.7 Å². The van der Waals surface area contributed by atoms with Gasteiger partial charge in [0.15, 0.2) is 11.5 Å². The molecule has 1 unspecified atom stereocenters. The molecule has 2 aromatic heterocycles. The highest BCUT2D eigenvalue weighted by atomic mass is 16.4. The number of nitriles is 1. The van der Waals surface area contributed by atoms with E-state index in [1.165, 1.54) is 5.56 Å². The number of hydrogen-bond acceptors (Lipinski definition) is 7. The zero-order valence-electron chi connectivity index (χ0n) is 20.1. The molecule has 0 saturated carbocycles. The van der Waals surface area contributed by atoms with Crippen molar-refractivity contribution in [3.8, 4) is 6.07 Å². The smallest absolute Gasteiger partial charge is 0.337 e. The first-order chi connectivity index (χ1) is 17.4. The Balaban J connectivity index is 1.53. The van der Waals surface area contributed by atoms with Crippen LogP contribution in [-0.4, -0.2) is 39.1 Å². The topological polar surface area (TPSA) is 115 Å². The zero-order chi connectivity index (χ0) is 25.2. The summed E-state index contributed by atoms with van der Waals surface area (Å²) in [6, 6.07) is 16.9. The predicted octanol–water partition coefficient (Wildman–Crippen LogP) is 5.07. The molecule has 1 aliphatic rings. The SMILES string of the molecule is Cc1cc([C@@H](C)Nc2ccccc2C(=O)O)c2nc(N3CCC(c4ccncc4)C3)c(C#N)nc2c1. The number of aromatic carboxylic acids is 1. The predicted molar refractivity (Wildman–Crippen MR) is 138 cm³/mol. The molecule has 8 heteroatoms. The minimum Gasteiger partial charge on any atom is -0.478 e. The average Bonchev–Trinajstić information content (AvgIpc) is 3.38. The molecule has 2 aromatic carbocycles. The molecule has 0 radical (unpaired) electrons. The number of nitrogens with one attached hydrogen (secondary N) is 1. The first-order valence-electron chi connectivity index (χ1n) is 11.9. The van der Waals surface area contributed by atoms with Crippen molar-refractivity contribution in [3.63, 3.8) is 0 Å². The number of carbonyl (C=O) groups is 1. The van der Waals surface area contributed by atoms with Crippen molar-refractivity contribution in [2.45, 2.75) is 32.2 Å². The number of nitrogens with zero attached hydrogens (tertiary/aromatic N) is 5. The number of aromatic nitrogens is 3. The fraction of sp³-hybridized carbons (Fsp3) is 0.250. The number of carboxylic acids is 1. The van der Waals surface area contributed by atoms with Crippen LogP contribution in [-0.2, 0) is 0 Å².